The Kier molecular flexibility index (Phi) is 4.87. The number of carbonyl (C=O) groups is 1. The maximum atomic E-state index is 11.9. The summed E-state index contributed by atoms with van der Waals surface area (Å²) >= 11 is 0. The topological polar surface area (TPSA) is 66.9 Å². The van der Waals surface area contributed by atoms with Gasteiger partial charge in [0.25, 0.3) is 5.91 Å². The smallest absolute Gasteiger partial charge is 0.271 e. The molecule has 1 amide bonds. The first-order valence-corrected chi connectivity index (χ1v) is 7.05. The SMILES string of the molecule is CCC(C)NC(=O)c1cnc(Nc2ccc(C)cc2)cn1. The second kappa shape index (κ2) is 6.83. The van der Waals surface area contributed by atoms with Crippen LogP contribution in [0.15, 0.2) is 36.7 Å². The van der Waals surface area contributed by atoms with Crippen LogP contribution in [0.3, 0.4) is 0 Å². The van der Waals surface area contributed by atoms with Crippen LogP contribution in [0.25, 0.3) is 0 Å². The van der Waals surface area contributed by atoms with E-state index in [1.807, 2.05) is 45.0 Å². The summed E-state index contributed by atoms with van der Waals surface area (Å²) in [7, 11) is 0. The van der Waals surface area contributed by atoms with Gasteiger partial charge in [-0.15, -0.1) is 0 Å². The van der Waals surface area contributed by atoms with Crippen LogP contribution in [0.4, 0.5) is 11.5 Å². The summed E-state index contributed by atoms with van der Waals surface area (Å²) in [5.41, 5.74) is 2.46. The minimum atomic E-state index is -0.196. The minimum absolute atomic E-state index is 0.129. The average Bonchev–Trinajstić information content (AvgIpc) is 2.50. The predicted octanol–water partition coefficient (Wildman–Crippen LogP) is 3.06. The van der Waals surface area contributed by atoms with Crippen molar-refractivity contribution in [1.82, 2.24) is 15.3 Å². The fourth-order valence-electron chi connectivity index (χ4n) is 1.69. The van der Waals surface area contributed by atoms with Gasteiger partial charge in [-0.3, -0.25) is 4.79 Å². The Morgan fingerprint density at radius 1 is 1.19 bits per heavy atom. The van der Waals surface area contributed by atoms with Crippen LogP contribution in [0.1, 0.15) is 36.3 Å². The molecule has 1 unspecified atom stereocenters. The van der Waals surface area contributed by atoms with Gasteiger partial charge in [-0.25, -0.2) is 9.97 Å². The highest BCUT2D eigenvalue weighted by Crippen LogP contribution is 2.14. The van der Waals surface area contributed by atoms with E-state index in [-0.39, 0.29) is 11.9 Å². The van der Waals surface area contributed by atoms with E-state index in [1.54, 1.807) is 6.20 Å². The summed E-state index contributed by atoms with van der Waals surface area (Å²) in [5.74, 6) is 0.415. The molecule has 1 aromatic heterocycles. The number of nitrogens with one attached hydrogen (secondary N) is 2. The van der Waals surface area contributed by atoms with E-state index >= 15 is 0 Å². The fourth-order valence-corrected chi connectivity index (χ4v) is 1.69. The molecule has 0 aliphatic heterocycles. The van der Waals surface area contributed by atoms with Gasteiger partial charge >= 0.3 is 0 Å². The Labute approximate surface area is 124 Å². The molecule has 2 N–H and O–H groups in total. The molecule has 0 aliphatic rings. The molecule has 5 heteroatoms. The predicted molar refractivity (Wildman–Crippen MR) is 83.7 cm³/mol. The molecular formula is C16H20N4O. The lowest BCUT2D eigenvalue weighted by Gasteiger charge is -2.11. The van der Waals surface area contributed by atoms with Crippen molar-refractivity contribution < 1.29 is 4.79 Å². The first kappa shape index (κ1) is 15.0. The van der Waals surface area contributed by atoms with Gasteiger partial charge in [0.15, 0.2) is 0 Å². The first-order chi connectivity index (χ1) is 10.1. The Morgan fingerprint density at radius 3 is 2.48 bits per heavy atom. The summed E-state index contributed by atoms with van der Waals surface area (Å²) in [6.07, 6.45) is 3.92. The van der Waals surface area contributed by atoms with Gasteiger partial charge in [-0.1, -0.05) is 24.6 Å². The highest BCUT2D eigenvalue weighted by Gasteiger charge is 2.10. The van der Waals surface area contributed by atoms with Gasteiger partial charge in [0.05, 0.1) is 12.4 Å². The molecule has 2 rings (SSSR count). The van der Waals surface area contributed by atoms with Crippen LogP contribution in [0.2, 0.25) is 0 Å². The number of carbonyl (C=O) groups excluding carboxylic acids is 1. The molecule has 0 saturated carbocycles. The van der Waals surface area contributed by atoms with Crippen molar-refractivity contribution in [3.8, 4) is 0 Å². The highest BCUT2D eigenvalue weighted by atomic mass is 16.1. The van der Waals surface area contributed by atoms with Crippen LogP contribution >= 0.6 is 0 Å². The van der Waals surface area contributed by atoms with Crippen LogP contribution in [0.5, 0.6) is 0 Å². The van der Waals surface area contributed by atoms with Crippen molar-refractivity contribution in [2.45, 2.75) is 33.2 Å². The molecule has 0 bridgehead atoms. The number of aromatic nitrogens is 2. The van der Waals surface area contributed by atoms with Crippen molar-refractivity contribution in [1.29, 1.82) is 0 Å². The van der Waals surface area contributed by atoms with Crippen molar-refractivity contribution >= 4 is 17.4 Å². The van der Waals surface area contributed by atoms with Gasteiger partial charge in [0, 0.05) is 11.7 Å². The number of rotatable bonds is 5. The van der Waals surface area contributed by atoms with Crippen LogP contribution in [-0.4, -0.2) is 21.9 Å². The molecule has 0 saturated heterocycles. The fraction of sp³-hybridized carbons (Fsp3) is 0.312. The minimum Gasteiger partial charge on any atom is -0.348 e. The number of nitrogens with zero attached hydrogens (tertiary/aromatic N) is 2. The summed E-state index contributed by atoms with van der Waals surface area (Å²) in [5, 5.41) is 6.00. The zero-order valence-corrected chi connectivity index (χ0v) is 12.6. The highest BCUT2D eigenvalue weighted by molar-refractivity contribution is 5.92. The van der Waals surface area contributed by atoms with E-state index in [0.29, 0.717) is 11.5 Å². The molecule has 2 aromatic rings. The molecule has 5 nitrogen and oxygen atoms in total. The number of aryl methyl sites for hydroxylation is 1. The monoisotopic (exact) mass is 284 g/mol. The second-order valence-corrected chi connectivity index (χ2v) is 5.06. The molecular weight excluding hydrogens is 264 g/mol. The number of benzene rings is 1. The largest absolute Gasteiger partial charge is 0.348 e. The molecule has 110 valence electrons. The molecule has 21 heavy (non-hydrogen) atoms. The third kappa shape index (κ3) is 4.27. The Balaban J connectivity index is 2.01. The third-order valence-electron chi connectivity index (χ3n) is 3.20. The standard InChI is InChI=1S/C16H20N4O/c1-4-12(3)19-16(21)14-9-18-15(10-17-14)20-13-7-5-11(2)6-8-13/h5-10,12H,4H2,1-3H3,(H,18,20)(H,19,21). The molecule has 1 atom stereocenters. The van der Waals surface area contributed by atoms with E-state index in [4.69, 9.17) is 0 Å². The second-order valence-electron chi connectivity index (χ2n) is 5.06. The summed E-state index contributed by atoms with van der Waals surface area (Å²) in [6, 6.07) is 8.11. The zero-order chi connectivity index (χ0) is 15.2. The molecule has 1 aromatic carbocycles. The van der Waals surface area contributed by atoms with Gasteiger partial charge in [0.2, 0.25) is 0 Å². The van der Waals surface area contributed by atoms with Crippen LogP contribution in [-0.2, 0) is 0 Å². The van der Waals surface area contributed by atoms with E-state index in [9.17, 15) is 4.79 Å². The lowest BCUT2D eigenvalue weighted by molar-refractivity contribution is 0.0934. The van der Waals surface area contributed by atoms with Crippen molar-refractivity contribution in [3.63, 3.8) is 0 Å². The summed E-state index contributed by atoms with van der Waals surface area (Å²) in [4.78, 5) is 20.2. The summed E-state index contributed by atoms with van der Waals surface area (Å²) < 4.78 is 0. The third-order valence-corrected chi connectivity index (χ3v) is 3.20. The van der Waals surface area contributed by atoms with Gasteiger partial charge < -0.3 is 10.6 Å². The molecule has 1 heterocycles. The lowest BCUT2D eigenvalue weighted by Crippen LogP contribution is -2.32. The number of amides is 1. The number of anilines is 2. The molecule has 0 spiro atoms. The van der Waals surface area contributed by atoms with E-state index in [2.05, 4.69) is 20.6 Å². The van der Waals surface area contributed by atoms with Crippen molar-refractivity contribution in [3.05, 3.63) is 47.9 Å². The Bertz CT molecular complexity index is 593. The van der Waals surface area contributed by atoms with Gasteiger partial charge in [-0.05, 0) is 32.4 Å². The lowest BCUT2D eigenvalue weighted by atomic mass is 10.2. The van der Waals surface area contributed by atoms with E-state index < -0.39 is 0 Å². The first-order valence-electron chi connectivity index (χ1n) is 7.05. The molecule has 0 fully saturated rings. The Morgan fingerprint density at radius 2 is 1.90 bits per heavy atom. The van der Waals surface area contributed by atoms with Crippen LogP contribution in [0, 0.1) is 6.92 Å². The normalized spacial score (nSPS) is 11.8. The average molecular weight is 284 g/mol. The molecule has 0 radical (unpaired) electrons. The summed E-state index contributed by atoms with van der Waals surface area (Å²) in [6.45, 7) is 6.01. The van der Waals surface area contributed by atoms with Crippen molar-refractivity contribution in [2.75, 3.05) is 5.32 Å². The maximum absolute atomic E-state index is 11.9. The van der Waals surface area contributed by atoms with Gasteiger partial charge in [-0.2, -0.15) is 0 Å². The van der Waals surface area contributed by atoms with Crippen molar-refractivity contribution in [2.24, 2.45) is 0 Å². The zero-order valence-electron chi connectivity index (χ0n) is 12.6. The van der Waals surface area contributed by atoms with E-state index in [0.717, 1.165) is 12.1 Å². The number of hydrogen-bond acceptors (Lipinski definition) is 4. The molecule has 0 aliphatic carbocycles. The van der Waals surface area contributed by atoms with Gasteiger partial charge in [0.1, 0.15) is 11.5 Å². The number of hydrogen-bond donors (Lipinski definition) is 2. The maximum Gasteiger partial charge on any atom is 0.271 e. The Hall–Kier alpha value is -2.43. The quantitative estimate of drug-likeness (QED) is 0.885. The van der Waals surface area contributed by atoms with Crippen LogP contribution < -0.4 is 10.6 Å². The van der Waals surface area contributed by atoms with E-state index in [1.165, 1.54) is 11.8 Å².